The second-order valence-electron chi connectivity index (χ2n) is 8.33. The first-order chi connectivity index (χ1) is 16.9. The molecule has 4 aromatic rings. The van der Waals surface area contributed by atoms with Gasteiger partial charge in [-0.1, -0.05) is 6.07 Å². The van der Waals surface area contributed by atoms with Crippen molar-refractivity contribution in [2.24, 2.45) is 0 Å². The summed E-state index contributed by atoms with van der Waals surface area (Å²) in [7, 11) is 1.35. The zero-order chi connectivity index (χ0) is 24.7. The van der Waals surface area contributed by atoms with Crippen LogP contribution in [0.1, 0.15) is 29.5 Å². The van der Waals surface area contributed by atoms with Crippen LogP contribution in [0.2, 0.25) is 0 Å². The number of fused-ring (bicyclic) bond motifs is 1. The van der Waals surface area contributed by atoms with Crippen molar-refractivity contribution in [3.8, 4) is 28.6 Å². The number of carbonyl (C=O) groups excluding carboxylic acids is 1. The largest absolute Gasteiger partial charge is 0.494 e. The molecule has 3 heterocycles. The van der Waals surface area contributed by atoms with Crippen LogP contribution in [0.5, 0.6) is 5.75 Å². The average molecular weight is 469 g/mol. The molecule has 1 N–H and O–H groups in total. The maximum Gasteiger partial charge on any atom is 0.266 e. The molecule has 0 spiro atoms. The minimum atomic E-state index is -0.643. The predicted molar refractivity (Wildman–Crippen MR) is 127 cm³/mol. The van der Waals surface area contributed by atoms with Crippen LogP contribution in [-0.4, -0.2) is 34.0 Å². The molecule has 8 nitrogen and oxygen atoms in total. The molecule has 174 valence electrons. The Morgan fingerprint density at radius 1 is 1.20 bits per heavy atom. The molecule has 0 bridgehead atoms. The third-order valence-electron chi connectivity index (χ3n) is 6.03. The Labute approximate surface area is 199 Å². The molecule has 0 radical (unpaired) electrons. The van der Waals surface area contributed by atoms with Gasteiger partial charge in [0.05, 0.1) is 47.9 Å². The highest BCUT2D eigenvalue weighted by atomic mass is 19.1. The van der Waals surface area contributed by atoms with E-state index in [0.717, 1.165) is 5.69 Å². The van der Waals surface area contributed by atoms with E-state index < -0.39 is 17.4 Å². The van der Waals surface area contributed by atoms with Crippen LogP contribution in [-0.2, 0) is 4.79 Å². The molecular formula is C26H20FN5O3. The van der Waals surface area contributed by atoms with Gasteiger partial charge in [0.25, 0.3) is 5.56 Å². The van der Waals surface area contributed by atoms with Crippen molar-refractivity contribution in [3.63, 3.8) is 0 Å². The molecular weight excluding hydrogens is 449 g/mol. The normalized spacial score (nSPS) is 15.4. The number of pyridine rings is 1. The molecule has 2 aromatic carbocycles. The SMILES string of the molecule is COc1ccc(-n2c(C3CC(=O)CN3)nc3c(-c4ccc(C)nc4)cc(C#N)cc3c2=O)cc1F. The summed E-state index contributed by atoms with van der Waals surface area (Å²) in [5.74, 6) is -0.341. The number of ketones is 1. The number of carbonyl (C=O) groups is 1. The summed E-state index contributed by atoms with van der Waals surface area (Å²) in [6.45, 7) is 2.01. The van der Waals surface area contributed by atoms with Gasteiger partial charge in [-0.15, -0.1) is 0 Å². The highest BCUT2D eigenvalue weighted by Crippen LogP contribution is 2.31. The Bertz CT molecular complexity index is 1590. The summed E-state index contributed by atoms with van der Waals surface area (Å²) in [4.78, 5) is 35.1. The fourth-order valence-corrected chi connectivity index (χ4v) is 4.29. The van der Waals surface area contributed by atoms with E-state index in [1.165, 1.54) is 29.9 Å². The standard InChI is InChI=1S/C26H20FN5O3/c1-14-3-4-16(12-29-14)19-7-15(11-28)8-20-24(19)31-25(22-10-18(33)13-30-22)32(26(20)34)17-5-6-23(35-2)21(27)9-17/h3-9,12,22,30H,10,13H2,1-2H3. The zero-order valence-electron chi connectivity index (χ0n) is 19.0. The zero-order valence-corrected chi connectivity index (χ0v) is 19.0. The van der Waals surface area contributed by atoms with Crippen LogP contribution in [0.25, 0.3) is 27.7 Å². The Morgan fingerprint density at radius 3 is 2.66 bits per heavy atom. The summed E-state index contributed by atoms with van der Waals surface area (Å²) < 4.78 is 20.9. The third kappa shape index (κ3) is 3.94. The molecule has 9 heteroatoms. The van der Waals surface area contributed by atoms with Crippen molar-refractivity contribution in [1.82, 2.24) is 19.9 Å². The highest BCUT2D eigenvalue weighted by Gasteiger charge is 2.29. The van der Waals surface area contributed by atoms with Gasteiger partial charge in [0.2, 0.25) is 0 Å². The Morgan fingerprint density at radius 2 is 2.03 bits per heavy atom. The van der Waals surface area contributed by atoms with Gasteiger partial charge in [-0.3, -0.25) is 19.1 Å². The summed E-state index contributed by atoms with van der Waals surface area (Å²) in [6.07, 6.45) is 1.81. The molecule has 1 aliphatic rings. The highest BCUT2D eigenvalue weighted by molar-refractivity contribution is 5.94. The first-order valence-electron chi connectivity index (χ1n) is 10.9. The van der Waals surface area contributed by atoms with Crippen molar-refractivity contribution >= 4 is 16.7 Å². The van der Waals surface area contributed by atoms with Gasteiger partial charge < -0.3 is 10.1 Å². The number of aryl methyl sites for hydroxylation is 1. The Hall–Kier alpha value is -4.42. The van der Waals surface area contributed by atoms with Gasteiger partial charge in [-0.2, -0.15) is 5.26 Å². The summed E-state index contributed by atoms with van der Waals surface area (Å²) in [6, 6.07) is 12.5. The lowest BCUT2D eigenvalue weighted by molar-refractivity contribution is -0.116. The minimum Gasteiger partial charge on any atom is -0.494 e. The van der Waals surface area contributed by atoms with E-state index in [4.69, 9.17) is 9.72 Å². The van der Waals surface area contributed by atoms with E-state index in [1.54, 1.807) is 18.3 Å². The number of rotatable bonds is 4. The number of hydrogen-bond acceptors (Lipinski definition) is 7. The molecule has 0 amide bonds. The Balaban J connectivity index is 1.86. The number of methoxy groups -OCH3 is 1. The van der Waals surface area contributed by atoms with Crippen LogP contribution >= 0.6 is 0 Å². The smallest absolute Gasteiger partial charge is 0.266 e. The molecule has 1 fully saturated rings. The lowest BCUT2D eigenvalue weighted by Gasteiger charge is -2.19. The number of Topliss-reactive ketones (excluding diaryl/α,β-unsaturated/α-hetero) is 1. The van der Waals surface area contributed by atoms with Crippen molar-refractivity contribution in [2.45, 2.75) is 19.4 Å². The first kappa shape index (κ1) is 22.4. The van der Waals surface area contributed by atoms with E-state index in [1.807, 2.05) is 19.1 Å². The van der Waals surface area contributed by atoms with Gasteiger partial charge in [0.15, 0.2) is 11.6 Å². The van der Waals surface area contributed by atoms with Crippen molar-refractivity contribution in [3.05, 3.63) is 81.9 Å². The fourth-order valence-electron chi connectivity index (χ4n) is 4.29. The molecule has 0 aliphatic carbocycles. The molecule has 1 unspecified atom stereocenters. The number of hydrogen-bond donors (Lipinski definition) is 1. The van der Waals surface area contributed by atoms with Gasteiger partial charge in [0, 0.05) is 35.5 Å². The molecule has 1 atom stereocenters. The number of benzene rings is 2. The first-order valence-corrected chi connectivity index (χ1v) is 10.9. The molecule has 2 aromatic heterocycles. The van der Waals surface area contributed by atoms with E-state index >= 15 is 0 Å². The maximum absolute atomic E-state index is 14.6. The number of aromatic nitrogens is 3. The second kappa shape index (κ2) is 8.74. The molecule has 1 aliphatic heterocycles. The summed E-state index contributed by atoms with van der Waals surface area (Å²) in [5, 5.41) is 12.9. The maximum atomic E-state index is 14.6. The lowest BCUT2D eigenvalue weighted by Crippen LogP contribution is -2.29. The average Bonchev–Trinajstić information content (AvgIpc) is 3.30. The topological polar surface area (TPSA) is 110 Å². The fraction of sp³-hybridized carbons (Fsp3) is 0.192. The molecule has 0 saturated carbocycles. The van der Waals surface area contributed by atoms with Crippen molar-refractivity contribution in [2.75, 3.05) is 13.7 Å². The van der Waals surface area contributed by atoms with E-state index in [2.05, 4.69) is 16.4 Å². The third-order valence-corrected chi connectivity index (χ3v) is 6.03. The van der Waals surface area contributed by atoms with Gasteiger partial charge in [-0.05, 0) is 37.3 Å². The summed E-state index contributed by atoms with van der Waals surface area (Å²) >= 11 is 0. The monoisotopic (exact) mass is 469 g/mol. The van der Waals surface area contributed by atoms with Gasteiger partial charge >= 0.3 is 0 Å². The lowest BCUT2D eigenvalue weighted by atomic mass is 10.00. The van der Waals surface area contributed by atoms with Crippen LogP contribution < -0.4 is 15.6 Å². The second-order valence-corrected chi connectivity index (χ2v) is 8.33. The minimum absolute atomic E-state index is 0.0143. The van der Waals surface area contributed by atoms with E-state index in [9.17, 15) is 19.2 Å². The van der Waals surface area contributed by atoms with Crippen LogP contribution in [0.3, 0.4) is 0 Å². The number of nitrogens with zero attached hydrogens (tertiary/aromatic N) is 4. The summed E-state index contributed by atoms with van der Waals surface area (Å²) in [5.41, 5.74) is 2.50. The van der Waals surface area contributed by atoms with Crippen LogP contribution in [0, 0.1) is 24.1 Å². The Kier molecular flexibility index (Phi) is 5.59. The van der Waals surface area contributed by atoms with Crippen LogP contribution in [0.15, 0.2) is 53.5 Å². The van der Waals surface area contributed by atoms with E-state index in [-0.39, 0.29) is 47.0 Å². The number of nitriles is 1. The molecule has 1 saturated heterocycles. The number of halogens is 1. The van der Waals surface area contributed by atoms with Crippen LogP contribution in [0.4, 0.5) is 4.39 Å². The molecule has 5 rings (SSSR count). The van der Waals surface area contributed by atoms with E-state index in [0.29, 0.717) is 16.6 Å². The van der Waals surface area contributed by atoms with Crippen molar-refractivity contribution in [1.29, 1.82) is 5.26 Å². The molecule has 35 heavy (non-hydrogen) atoms. The van der Waals surface area contributed by atoms with Gasteiger partial charge in [0.1, 0.15) is 11.6 Å². The van der Waals surface area contributed by atoms with Crippen molar-refractivity contribution < 1.29 is 13.9 Å². The predicted octanol–water partition coefficient (Wildman–Crippen LogP) is 3.38. The number of nitrogens with one attached hydrogen (secondary N) is 1. The van der Waals surface area contributed by atoms with Gasteiger partial charge in [-0.25, -0.2) is 9.37 Å². The quantitative estimate of drug-likeness (QED) is 0.488. The number of ether oxygens (including phenoxy) is 1.